The maximum Gasteiger partial charge on any atom is 0.122 e. The van der Waals surface area contributed by atoms with Crippen molar-refractivity contribution in [2.75, 3.05) is 33.0 Å². The van der Waals surface area contributed by atoms with Gasteiger partial charge in [-0.05, 0) is 23.1 Å². The minimum Gasteiger partial charge on any atom is -0.493 e. The second-order valence-electron chi connectivity index (χ2n) is 6.72. The third-order valence-electron chi connectivity index (χ3n) is 4.59. The second-order valence-corrected chi connectivity index (χ2v) is 6.72. The van der Waals surface area contributed by atoms with Crippen LogP contribution in [0.25, 0.3) is 0 Å². The van der Waals surface area contributed by atoms with Crippen LogP contribution in [0.1, 0.15) is 31.0 Å². The summed E-state index contributed by atoms with van der Waals surface area (Å²) in [6, 6.07) is 6.80. The lowest BCUT2D eigenvalue weighted by Crippen LogP contribution is -2.53. The molecule has 4 nitrogen and oxygen atoms in total. The predicted molar refractivity (Wildman–Crippen MR) is 81.6 cm³/mol. The van der Waals surface area contributed by atoms with Gasteiger partial charge in [0, 0.05) is 19.0 Å². The molecule has 1 fully saturated rings. The molecule has 0 aromatic heterocycles. The summed E-state index contributed by atoms with van der Waals surface area (Å²) in [6.07, 6.45) is 1.00. The minimum absolute atomic E-state index is 0.0903. The summed E-state index contributed by atoms with van der Waals surface area (Å²) < 4.78 is 10.9. The first kappa shape index (κ1) is 14.8. The molecule has 0 spiro atoms. The number of fused-ring (bicyclic) bond motifs is 1. The molecule has 116 valence electrons. The highest BCUT2D eigenvalue weighted by molar-refractivity contribution is 5.41. The van der Waals surface area contributed by atoms with Crippen LogP contribution in [0, 0.1) is 11.3 Å². The zero-order valence-electron chi connectivity index (χ0n) is 12.9. The molecule has 21 heavy (non-hydrogen) atoms. The predicted octanol–water partition coefficient (Wildman–Crippen LogP) is 1.92. The van der Waals surface area contributed by atoms with Crippen molar-refractivity contribution in [3.05, 3.63) is 29.3 Å². The number of hydrogen-bond acceptors (Lipinski definition) is 4. The highest BCUT2D eigenvalue weighted by atomic mass is 16.5. The number of aliphatic hydroxyl groups is 1. The van der Waals surface area contributed by atoms with Gasteiger partial charge in [-0.1, -0.05) is 26.0 Å². The van der Waals surface area contributed by atoms with Gasteiger partial charge in [0.25, 0.3) is 0 Å². The van der Waals surface area contributed by atoms with Crippen molar-refractivity contribution < 1.29 is 14.6 Å². The number of aliphatic hydroxyl groups excluding tert-OH is 1. The Morgan fingerprint density at radius 1 is 1.33 bits per heavy atom. The molecule has 2 aliphatic heterocycles. The van der Waals surface area contributed by atoms with Gasteiger partial charge in [0.05, 0.1) is 31.8 Å². The van der Waals surface area contributed by atoms with Crippen molar-refractivity contribution in [3.63, 3.8) is 0 Å². The SMILES string of the molecule is CC(C)C(NCC1(CO)COC1)c1ccc2c(c1)CCO2. The monoisotopic (exact) mass is 291 g/mol. The van der Waals surface area contributed by atoms with E-state index < -0.39 is 0 Å². The fourth-order valence-electron chi connectivity index (χ4n) is 3.10. The second kappa shape index (κ2) is 5.95. The quantitative estimate of drug-likeness (QED) is 0.841. The lowest BCUT2D eigenvalue weighted by Gasteiger charge is -2.41. The van der Waals surface area contributed by atoms with Crippen LogP contribution >= 0.6 is 0 Å². The Kier molecular flexibility index (Phi) is 4.20. The fourth-order valence-corrected chi connectivity index (χ4v) is 3.10. The third kappa shape index (κ3) is 2.93. The maximum absolute atomic E-state index is 9.55. The van der Waals surface area contributed by atoms with Crippen LogP contribution in [-0.2, 0) is 11.2 Å². The Hall–Kier alpha value is -1.10. The number of hydrogen-bond donors (Lipinski definition) is 2. The summed E-state index contributed by atoms with van der Waals surface area (Å²) >= 11 is 0. The average Bonchev–Trinajstić information content (AvgIpc) is 2.88. The van der Waals surface area contributed by atoms with Crippen LogP contribution in [0.3, 0.4) is 0 Å². The molecule has 2 aliphatic rings. The Balaban J connectivity index is 1.72. The topological polar surface area (TPSA) is 50.7 Å². The lowest BCUT2D eigenvalue weighted by molar-refractivity contribution is -0.135. The van der Waals surface area contributed by atoms with Gasteiger partial charge in [0.2, 0.25) is 0 Å². The van der Waals surface area contributed by atoms with Crippen LogP contribution in [0.5, 0.6) is 5.75 Å². The molecule has 0 amide bonds. The molecule has 2 heterocycles. The van der Waals surface area contributed by atoms with Gasteiger partial charge in [-0.25, -0.2) is 0 Å². The van der Waals surface area contributed by atoms with E-state index in [9.17, 15) is 5.11 Å². The Bertz CT molecular complexity index is 491. The number of rotatable bonds is 6. The summed E-state index contributed by atoms with van der Waals surface area (Å²) in [5, 5.41) is 13.2. The summed E-state index contributed by atoms with van der Waals surface area (Å²) in [6.45, 7) is 7.53. The molecule has 0 bridgehead atoms. The van der Waals surface area contributed by atoms with Crippen molar-refractivity contribution >= 4 is 0 Å². The minimum atomic E-state index is -0.0903. The van der Waals surface area contributed by atoms with Crippen molar-refractivity contribution in [3.8, 4) is 5.75 Å². The average molecular weight is 291 g/mol. The molecule has 1 saturated heterocycles. The van der Waals surface area contributed by atoms with E-state index in [4.69, 9.17) is 9.47 Å². The van der Waals surface area contributed by atoms with Gasteiger partial charge in [-0.15, -0.1) is 0 Å². The van der Waals surface area contributed by atoms with Crippen LogP contribution in [-0.4, -0.2) is 38.1 Å². The van der Waals surface area contributed by atoms with Crippen LogP contribution < -0.4 is 10.1 Å². The van der Waals surface area contributed by atoms with Crippen LogP contribution in [0.15, 0.2) is 18.2 Å². The molecule has 3 rings (SSSR count). The van der Waals surface area contributed by atoms with E-state index in [0.29, 0.717) is 25.2 Å². The van der Waals surface area contributed by atoms with Crippen LogP contribution in [0.4, 0.5) is 0 Å². The fraction of sp³-hybridized carbons (Fsp3) is 0.647. The lowest BCUT2D eigenvalue weighted by atomic mass is 9.85. The zero-order chi connectivity index (χ0) is 14.9. The van der Waals surface area contributed by atoms with Gasteiger partial charge in [-0.3, -0.25) is 0 Å². The molecular formula is C17H25NO3. The van der Waals surface area contributed by atoms with E-state index in [1.807, 2.05) is 0 Å². The van der Waals surface area contributed by atoms with E-state index >= 15 is 0 Å². The Morgan fingerprint density at radius 2 is 2.14 bits per heavy atom. The molecule has 1 atom stereocenters. The van der Waals surface area contributed by atoms with Gasteiger partial charge < -0.3 is 19.9 Å². The first-order valence-electron chi connectivity index (χ1n) is 7.81. The van der Waals surface area contributed by atoms with Gasteiger partial charge in [0.1, 0.15) is 5.75 Å². The first-order chi connectivity index (χ1) is 10.1. The van der Waals surface area contributed by atoms with E-state index in [2.05, 4.69) is 37.4 Å². The molecule has 0 radical (unpaired) electrons. The summed E-state index contributed by atoms with van der Waals surface area (Å²) in [7, 11) is 0. The Labute approximate surface area is 126 Å². The summed E-state index contributed by atoms with van der Waals surface area (Å²) in [5.41, 5.74) is 2.53. The normalized spacial score (nSPS) is 20.8. The highest BCUT2D eigenvalue weighted by Crippen LogP contribution is 2.32. The molecular weight excluding hydrogens is 266 g/mol. The van der Waals surface area contributed by atoms with E-state index in [1.54, 1.807) is 0 Å². The van der Waals surface area contributed by atoms with E-state index in [-0.39, 0.29) is 12.0 Å². The van der Waals surface area contributed by atoms with E-state index in [1.165, 1.54) is 11.1 Å². The van der Waals surface area contributed by atoms with Gasteiger partial charge in [0.15, 0.2) is 0 Å². The van der Waals surface area contributed by atoms with Gasteiger partial charge in [-0.2, -0.15) is 0 Å². The maximum atomic E-state index is 9.55. The van der Waals surface area contributed by atoms with E-state index in [0.717, 1.165) is 25.3 Å². The molecule has 1 unspecified atom stereocenters. The molecule has 0 aliphatic carbocycles. The highest BCUT2D eigenvalue weighted by Gasteiger charge is 2.38. The van der Waals surface area contributed by atoms with Crippen molar-refractivity contribution in [2.24, 2.45) is 11.3 Å². The smallest absolute Gasteiger partial charge is 0.122 e. The van der Waals surface area contributed by atoms with Crippen molar-refractivity contribution in [1.29, 1.82) is 0 Å². The summed E-state index contributed by atoms with van der Waals surface area (Å²) in [4.78, 5) is 0. The molecule has 1 aromatic rings. The van der Waals surface area contributed by atoms with Gasteiger partial charge >= 0.3 is 0 Å². The molecule has 1 aromatic carbocycles. The van der Waals surface area contributed by atoms with Crippen molar-refractivity contribution in [2.45, 2.75) is 26.3 Å². The summed E-state index contributed by atoms with van der Waals surface area (Å²) in [5.74, 6) is 1.52. The zero-order valence-corrected chi connectivity index (χ0v) is 12.9. The number of benzene rings is 1. The number of nitrogens with one attached hydrogen (secondary N) is 1. The van der Waals surface area contributed by atoms with Crippen molar-refractivity contribution in [1.82, 2.24) is 5.32 Å². The molecule has 0 saturated carbocycles. The standard InChI is InChI=1S/C17H25NO3/c1-12(2)16(18-8-17(9-19)10-20-11-17)14-3-4-15-13(7-14)5-6-21-15/h3-4,7,12,16,18-19H,5-6,8-11H2,1-2H3. The first-order valence-corrected chi connectivity index (χ1v) is 7.81. The molecule has 2 N–H and O–H groups in total. The van der Waals surface area contributed by atoms with Crippen LogP contribution in [0.2, 0.25) is 0 Å². The third-order valence-corrected chi connectivity index (χ3v) is 4.59. The Morgan fingerprint density at radius 3 is 2.76 bits per heavy atom. The molecule has 4 heteroatoms. The number of ether oxygens (including phenoxy) is 2. The largest absolute Gasteiger partial charge is 0.493 e.